The van der Waals surface area contributed by atoms with Gasteiger partial charge in [-0.2, -0.15) is 0 Å². The minimum Gasteiger partial charge on any atom is -0.377 e. The molecule has 1 heterocycles. The Morgan fingerprint density at radius 3 is 2.20 bits per heavy atom. The summed E-state index contributed by atoms with van der Waals surface area (Å²) in [5.74, 6) is 0.447. The fourth-order valence-electron chi connectivity index (χ4n) is 2.01. The molecule has 1 aromatic carbocycles. The molecule has 20 heavy (non-hydrogen) atoms. The molecule has 0 saturated carbocycles. The van der Waals surface area contributed by atoms with Crippen molar-refractivity contribution in [3.8, 4) is 0 Å². The predicted molar refractivity (Wildman–Crippen MR) is 85.1 cm³/mol. The fraction of sp³-hybridized carbons (Fsp3) is 0.333. The molecule has 5 heteroatoms. The maximum absolute atomic E-state index is 11.4. The summed E-state index contributed by atoms with van der Waals surface area (Å²) < 4.78 is 22.9. The summed E-state index contributed by atoms with van der Waals surface area (Å²) in [6.45, 7) is 4.34. The molecule has 0 amide bonds. The summed E-state index contributed by atoms with van der Waals surface area (Å²) in [5.41, 5.74) is 0.935. The monoisotopic (exact) mass is 309 g/mol. The van der Waals surface area contributed by atoms with E-state index in [-0.39, 0.29) is 6.04 Å². The molecule has 0 saturated heterocycles. The first-order valence-electron chi connectivity index (χ1n) is 6.48. The molecule has 0 aliphatic carbocycles. The lowest BCUT2D eigenvalue weighted by Crippen LogP contribution is -2.15. The van der Waals surface area contributed by atoms with Gasteiger partial charge in [0.25, 0.3) is 0 Å². The third-order valence-corrected chi connectivity index (χ3v) is 5.20. The Bertz CT molecular complexity index is 644. The molecule has 1 atom stereocenters. The molecule has 0 fully saturated rings. The van der Waals surface area contributed by atoms with Gasteiger partial charge >= 0.3 is 0 Å². The Balaban J connectivity index is 2.20. The van der Waals surface area contributed by atoms with Crippen molar-refractivity contribution in [2.75, 3.05) is 11.6 Å². The topological polar surface area (TPSA) is 46.2 Å². The Hall–Kier alpha value is -1.33. The molecule has 1 aromatic heterocycles. The third-order valence-electron chi connectivity index (χ3n) is 3.12. The molecular weight excluding hydrogens is 290 g/mol. The van der Waals surface area contributed by atoms with Crippen LogP contribution in [0.5, 0.6) is 0 Å². The zero-order valence-corrected chi connectivity index (χ0v) is 13.5. The molecule has 108 valence electrons. The third kappa shape index (κ3) is 3.61. The van der Waals surface area contributed by atoms with Gasteiger partial charge in [0.2, 0.25) is 0 Å². The van der Waals surface area contributed by atoms with Crippen molar-refractivity contribution in [2.24, 2.45) is 5.92 Å². The average molecular weight is 309 g/mol. The zero-order chi connectivity index (χ0) is 14.8. The summed E-state index contributed by atoms with van der Waals surface area (Å²) in [6, 6.07) is 11.3. The number of hydrogen-bond acceptors (Lipinski definition) is 4. The van der Waals surface area contributed by atoms with E-state index in [1.165, 1.54) is 11.1 Å². The van der Waals surface area contributed by atoms with Gasteiger partial charge in [0, 0.05) is 16.8 Å². The standard InChI is InChI=1S/C15H19NO2S2/c1-11(2)15(14-5-4-10-19-14)16-12-6-8-13(9-7-12)20(3,17)18/h4-11,15-16H,1-3H3. The molecular formula is C15H19NO2S2. The lowest BCUT2D eigenvalue weighted by molar-refractivity contribution is 0.554. The van der Waals surface area contributed by atoms with Gasteiger partial charge in [0.15, 0.2) is 9.84 Å². The van der Waals surface area contributed by atoms with E-state index in [0.717, 1.165) is 5.69 Å². The molecule has 1 unspecified atom stereocenters. The van der Waals surface area contributed by atoms with Gasteiger partial charge < -0.3 is 5.32 Å². The van der Waals surface area contributed by atoms with Crippen molar-refractivity contribution in [2.45, 2.75) is 24.8 Å². The van der Waals surface area contributed by atoms with Crippen molar-refractivity contribution < 1.29 is 8.42 Å². The number of rotatable bonds is 5. The van der Waals surface area contributed by atoms with E-state index in [1.54, 1.807) is 23.5 Å². The smallest absolute Gasteiger partial charge is 0.175 e. The highest BCUT2D eigenvalue weighted by atomic mass is 32.2. The second-order valence-corrected chi connectivity index (χ2v) is 8.17. The number of hydrogen-bond donors (Lipinski definition) is 1. The van der Waals surface area contributed by atoms with Crippen molar-refractivity contribution in [3.63, 3.8) is 0 Å². The summed E-state index contributed by atoms with van der Waals surface area (Å²) in [7, 11) is -3.13. The second kappa shape index (κ2) is 5.97. The summed E-state index contributed by atoms with van der Waals surface area (Å²) in [6.07, 6.45) is 1.22. The first-order chi connectivity index (χ1) is 9.38. The SMILES string of the molecule is CC(C)C(Nc1ccc(S(C)(=O)=O)cc1)c1cccs1. The fourth-order valence-corrected chi connectivity index (χ4v) is 3.59. The Morgan fingerprint density at radius 1 is 1.10 bits per heavy atom. The minimum atomic E-state index is -3.13. The second-order valence-electron chi connectivity index (χ2n) is 5.18. The summed E-state index contributed by atoms with van der Waals surface area (Å²) in [5, 5.41) is 5.54. The van der Waals surface area contributed by atoms with Crippen LogP contribution in [0.3, 0.4) is 0 Å². The predicted octanol–water partition coefficient (Wildman–Crippen LogP) is 3.96. The average Bonchev–Trinajstić information content (AvgIpc) is 2.88. The van der Waals surface area contributed by atoms with Gasteiger partial charge in [0.05, 0.1) is 10.9 Å². The van der Waals surface area contributed by atoms with Crippen LogP contribution in [0.15, 0.2) is 46.7 Å². The maximum Gasteiger partial charge on any atom is 0.175 e. The molecule has 2 rings (SSSR count). The van der Waals surface area contributed by atoms with Crippen LogP contribution in [0.4, 0.5) is 5.69 Å². The normalized spacial score (nSPS) is 13.4. The van der Waals surface area contributed by atoms with Crippen LogP contribution < -0.4 is 5.32 Å². The highest BCUT2D eigenvalue weighted by Gasteiger charge is 2.16. The van der Waals surface area contributed by atoms with Gasteiger partial charge in [-0.1, -0.05) is 19.9 Å². The van der Waals surface area contributed by atoms with Crippen LogP contribution >= 0.6 is 11.3 Å². The highest BCUT2D eigenvalue weighted by molar-refractivity contribution is 7.90. The quantitative estimate of drug-likeness (QED) is 0.909. The number of nitrogens with one attached hydrogen (secondary N) is 1. The number of anilines is 1. The van der Waals surface area contributed by atoms with Gasteiger partial charge in [0.1, 0.15) is 0 Å². The van der Waals surface area contributed by atoms with Gasteiger partial charge in [-0.05, 0) is 41.6 Å². The Labute approximate surface area is 124 Å². The minimum absolute atomic E-state index is 0.235. The molecule has 3 nitrogen and oxygen atoms in total. The van der Waals surface area contributed by atoms with E-state index in [4.69, 9.17) is 0 Å². The lowest BCUT2D eigenvalue weighted by atomic mass is 10.0. The first-order valence-corrected chi connectivity index (χ1v) is 9.25. The van der Waals surface area contributed by atoms with Crippen molar-refractivity contribution in [1.29, 1.82) is 0 Å². The molecule has 1 N–H and O–H groups in total. The van der Waals surface area contributed by atoms with Crippen LogP contribution in [0, 0.1) is 5.92 Å². The van der Waals surface area contributed by atoms with Gasteiger partial charge in [-0.3, -0.25) is 0 Å². The number of thiophene rings is 1. The molecule has 0 spiro atoms. The molecule has 0 bridgehead atoms. The van der Waals surface area contributed by atoms with E-state index in [2.05, 4.69) is 30.6 Å². The highest BCUT2D eigenvalue weighted by Crippen LogP contribution is 2.29. The molecule has 0 radical (unpaired) electrons. The van der Waals surface area contributed by atoms with Crippen molar-refractivity contribution >= 4 is 26.9 Å². The van der Waals surface area contributed by atoms with E-state index in [0.29, 0.717) is 10.8 Å². The van der Waals surface area contributed by atoms with E-state index in [1.807, 2.05) is 18.2 Å². The molecule has 0 aliphatic rings. The van der Waals surface area contributed by atoms with Crippen molar-refractivity contribution in [3.05, 3.63) is 46.7 Å². The zero-order valence-electron chi connectivity index (χ0n) is 11.8. The lowest BCUT2D eigenvalue weighted by Gasteiger charge is -2.22. The van der Waals surface area contributed by atoms with Crippen LogP contribution in [0.1, 0.15) is 24.8 Å². The summed E-state index contributed by atoms with van der Waals surface area (Å²) in [4.78, 5) is 1.63. The molecule has 2 aromatic rings. The Kier molecular flexibility index (Phi) is 4.50. The van der Waals surface area contributed by atoms with Crippen LogP contribution in [0.25, 0.3) is 0 Å². The van der Waals surface area contributed by atoms with E-state index < -0.39 is 9.84 Å². The van der Waals surface area contributed by atoms with Crippen LogP contribution in [-0.4, -0.2) is 14.7 Å². The van der Waals surface area contributed by atoms with Crippen molar-refractivity contribution in [1.82, 2.24) is 0 Å². The maximum atomic E-state index is 11.4. The Morgan fingerprint density at radius 2 is 1.75 bits per heavy atom. The summed E-state index contributed by atoms with van der Waals surface area (Å²) >= 11 is 1.73. The van der Waals surface area contributed by atoms with Crippen LogP contribution in [-0.2, 0) is 9.84 Å². The number of benzene rings is 1. The van der Waals surface area contributed by atoms with Gasteiger partial charge in [-0.15, -0.1) is 11.3 Å². The largest absolute Gasteiger partial charge is 0.377 e. The van der Waals surface area contributed by atoms with E-state index >= 15 is 0 Å². The van der Waals surface area contributed by atoms with E-state index in [9.17, 15) is 8.42 Å². The van der Waals surface area contributed by atoms with Gasteiger partial charge in [-0.25, -0.2) is 8.42 Å². The first kappa shape index (κ1) is 15.1. The number of sulfone groups is 1. The molecule has 0 aliphatic heterocycles. The van der Waals surface area contributed by atoms with Crippen LogP contribution in [0.2, 0.25) is 0 Å².